The second kappa shape index (κ2) is 8.59. The third-order valence-corrected chi connectivity index (χ3v) is 1.97. The maximum absolute atomic E-state index is 5.04. The van der Waals surface area contributed by atoms with Crippen LogP contribution in [-0.2, 0) is 15.5 Å². The van der Waals surface area contributed by atoms with Crippen LogP contribution in [0.3, 0.4) is 0 Å². The Morgan fingerprint density at radius 1 is 1.27 bits per heavy atom. The monoisotopic (exact) mass is 366 g/mol. The fourth-order valence-electron chi connectivity index (χ4n) is 1.34. The van der Waals surface area contributed by atoms with E-state index in [-0.39, 0.29) is 0 Å². The Hall–Kier alpha value is 1.52. The Labute approximate surface area is 111 Å². The molecule has 0 aromatic rings. The van der Waals surface area contributed by atoms with Gasteiger partial charge < -0.3 is 0 Å². The molecule has 0 bridgehead atoms. The van der Waals surface area contributed by atoms with Crippen LogP contribution in [0.25, 0.3) is 0 Å². The van der Waals surface area contributed by atoms with Gasteiger partial charge in [0.1, 0.15) is 0 Å². The van der Waals surface area contributed by atoms with Crippen LogP contribution in [-0.4, -0.2) is 0 Å². The summed E-state index contributed by atoms with van der Waals surface area (Å²) in [6.45, 7) is 4.41. The van der Waals surface area contributed by atoms with Crippen LogP contribution in [0.15, 0.2) is 23.8 Å². The molecule has 0 nitrogen and oxygen atoms in total. The summed E-state index contributed by atoms with van der Waals surface area (Å²) in [6, 6.07) is 0. The van der Waals surface area contributed by atoms with Gasteiger partial charge in [-0.15, -0.1) is 0 Å². The molecule has 1 atom stereocenters. The number of allylic oxidation sites excluding steroid dienone is 4. The van der Waals surface area contributed by atoms with Gasteiger partial charge in [-0.3, -0.25) is 0 Å². The Bertz CT molecular complexity index is 224. The van der Waals surface area contributed by atoms with E-state index in [0.29, 0.717) is 0 Å². The minimum atomic E-state index is -3.29. The predicted molar refractivity (Wildman–Crippen MR) is 69.3 cm³/mol. The fourth-order valence-corrected chi connectivity index (χ4v) is 1.34. The van der Waals surface area contributed by atoms with Crippen LogP contribution >= 0.6 is 34.1 Å². The van der Waals surface area contributed by atoms with Crippen molar-refractivity contribution < 1.29 is 15.5 Å². The molecule has 1 aliphatic rings. The first-order chi connectivity index (χ1) is 6.83. The molecule has 0 saturated heterocycles. The van der Waals surface area contributed by atoms with E-state index < -0.39 is 15.5 Å². The van der Waals surface area contributed by atoms with Crippen molar-refractivity contribution >= 4 is 34.1 Å². The van der Waals surface area contributed by atoms with Crippen LogP contribution in [0.4, 0.5) is 0 Å². The molecule has 1 unspecified atom stereocenters. The van der Waals surface area contributed by atoms with Gasteiger partial charge in [-0.25, -0.2) is 0 Å². The van der Waals surface area contributed by atoms with Crippen molar-refractivity contribution in [2.24, 2.45) is 5.92 Å². The topological polar surface area (TPSA) is 0 Å². The van der Waals surface area contributed by atoms with Crippen molar-refractivity contribution in [1.29, 1.82) is 0 Å². The number of hydrogen-bond acceptors (Lipinski definition) is 0. The van der Waals surface area contributed by atoms with Gasteiger partial charge in [-0.1, -0.05) is 43.6 Å². The van der Waals surface area contributed by atoms with Gasteiger partial charge in [0.25, 0.3) is 0 Å². The van der Waals surface area contributed by atoms with Crippen molar-refractivity contribution in [3.05, 3.63) is 23.8 Å². The normalized spacial score (nSPS) is 19.6. The van der Waals surface area contributed by atoms with Gasteiger partial charge in [-0.05, 0) is 19.3 Å². The van der Waals surface area contributed by atoms with E-state index in [1.54, 1.807) is 0 Å². The molecule has 0 fully saturated rings. The third kappa shape index (κ3) is 13.5. The molecule has 0 aromatic carbocycles. The molecule has 0 heterocycles. The molecule has 0 amide bonds. The molecule has 0 spiro atoms. The van der Waals surface area contributed by atoms with Crippen LogP contribution in [0.2, 0.25) is 0 Å². The standard InChI is InChI=1S/C10H16.4ClH.Zr/c1-3-4-5-10-7-6-9(2)8-10;;;;;/h6-8,10H,3-5H2,1-2H3;4*1H;/q;;;;;+4/p-4. The number of rotatable bonds is 3. The summed E-state index contributed by atoms with van der Waals surface area (Å²) < 4.78 is 0. The van der Waals surface area contributed by atoms with E-state index in [2.05, 4.69) is 32.1 Å². The van der Waals surface area contributed by atoms with E-state index >= 15 is 0 Å². The van der Waals surface area contributed by atoms with E-state index in [1.165, 1.54) is 24.8 Å². The van der Waals surface area contributed by atoms with Gasteiger partial charge in [0, 0.05) is 0 Å². The molecule has 1 aliphatic carbocycles. The molecule has 0 aliphatic heterocycles. The summed E-state index contributed by atoms with van der Waals surface area (Å²) in [7, 11) is 20.1. The van der Waals surface area contributed by atoms with E-state index in [1.807, 2.05) is 0 Å². The van der Waals surface area contributed by atoms with E-state index in [0.717, 1.165) is 5.92 Å². The van der Waals surface area contributed by atoms with Crippen LogP contribution in [0.1, 0.15) is 33.1 Å². The minimum absolute atomic E-state index is 0.750. The van der Waals surface area contributed by atoms with Gasteiger partial charge in [0.05, 0.1) is 0 Å². The first-order valence-electron chi connectivity index (χ1n) is 4.95. The summed E-state index contributed by atoms with van der Waals surface area (Å²) in [5.41, 5.74) is 1.43. The average molecular weight is 369 g/mol. The number of hydrogen-bond donors (Lipinski definition) is 0. The van der Waals surface area contributed by atoms with Crippen molar-refractivity contribution in [3.63, 3.8) is 0 Å². The van der Waals surface area contributed by atoms with Crippen molar-refractivity contribution in [2.45, 2.75) is 33.1 Å². The molecule has 0 aromatic heterocycles. The molecular formula is C10H16Cl4Zr. The Kier molecular flexibility index (Phi) is 9.46. The molecule has 15 heavy (non-hydrogen) atoms. The Morgan fingerprint density at radius 2 is 1.80 bits per heavy atom. The molecule has 88 valence electrons. The number of unbranched alkanes of at least 4 members (excludes halogenated alkanes) is 1. The zero-order chi connectivity index (χ0) is 11.9. The first-order valence-corrected chi connectivity index (χ1v) is 17.6. The fraction of sp³-hybridized carbons (Fsp3) is 0.600. The van der Waals surface area contributed by atoms with Gasteiger partial charge in [-0.2, -0.15) is 0 Å². The van der Waals surface area contributed by atoms with Crippen LogP contribution in [0.5, 0.6) is 0 Å². The van der Waals surface area contributed by atoms with E-state index in [9.17, 15) is 0 Å². The van der Waals surface area contributed by atoms with Crippen molar-refractivity contribution in [3.8, 4) is 0 Å². The first kappa shape index (κ1) is 16.5. The van der Waals surface area contributed by atoms with Crippen molar-refractivity contribution in [2.75, 3.05) is 0 Å². The Balaban J connectivity index is 0.000000336. The average Bonchev–Trinajstić information content (AvgIpc) is 2.45. The summed E-state index contributed by atoms with van der Waals surface area (Å²) in [6.07, 6.45) is 10.9. The summed E-state index contributed by atoms with van der Waals surface area (Å²) in [4.78, 5) is 0. The van der Waals surface area contributed by atoms with Gasteiger partial charge in [0.2, 0.25) is 0 Å². The zero-order valence-corrected chi connectivity index (χ0v) is 14.4. The Morgan fingerprint density at radius 3 is 2.13 bits per heavy atom. The molecule has 0 N–H and O–H groups in total. The van der Waals surface area contributed by atoms with Gasteiger partial charge >= 0.3 is 49.5 Å². The molecule has 5 heteroatoms. The molecule has 0 saturated carbocycles. The molecule has 0 radical (unpaired) electrons. The van der Waals surface area contributed by atoms with Crippen molar-refractivity contribution in [1.82, 2.24) is 0 Å². The molecule has 1 rings (SSSR count). The summed E-state index contributed by atoms with van der Waals surface area (Å²) in [5, 5.41) is 0. The number of halogens is 4. The zero-order valence-electron chi connectivity index (χ0n) is 8.94. The quantitative estimate of drug-likeness (QED) is 0.567. The second-order valence-corrected chi connectivity index (χ2v) is 25.9. The van der Waals surface area contributed by atoms with Crippen LogP contribution < -0.4 is 0 Å². The maximum atomic E-state index is 5.04. The molecular weight excluding hydrogens is 353 g/mol. The second-order valence-electron chi connectivity index (χ2n) is 3.50. The van der Waals surface area contributed by atoms with Gasteiger partial charge in [0.15, 0.2) is 0 Å². The summed E-state index contributed by atoms with van der Waals surface area (Å²) in [5.74, 6) is 0.750. The van der Waals surface area contributed by atoms with Crippen LogP contribution in [0, 0.1) is 5.92 Å². The summed E-state index contributed by atoms with van der Waals surface area (Å²) >= 11 is -3.29. The SMILES string of the molecule is CCCCC1C=CC(C)=C1.[Cl][Zr]([Cl])([Cl])[Cl]. The predicted octanol–water partition coefficient (Wildman–Crippen LogP) is 6.06. The third-order valence-electron chi connectivity index (χ3n) is 1.97. The van der Waals surface area contributed by atoms with E-state index in [4.69, 9.17) is 34.1 Å².